The molecular weight excluding hydrogens is 433 g/mol. The van der Waals surface area contributed by atoms with Gasteiger partial charge < -0.3 is 4.90 Å². The van der Waals surface area contributed by atoms with Crippen LogP contribution in [0, 0.1) is 12.7 Å². The van der Waals surface area contributed by atoms with E-state index < -0.39 is 0 Å². The molecule has 33 heavy (non-hydrogen) atoms. The summed E-state index contributed by atoms with van der Waals surface area (Å²) in [5.74, 6) is -0.410. The number of amides is 1. The van der Waals surface area contributed by atoms with Crippen LogP contribution in [0.5, 0.6) is 0 Å². The molecule has 4 nitrogen and oxygen atoms in total. The normalized spacial score (nSPS) is 18.7. The summed E-state index contributed by atoms with van der Waals surface area (Å²) in [4.78, 5) is 22.4. The van der Waals surface area contributed by atoms with Gasteiger partial charge in [-0.05, 0) is 85.1 Å². The monoisotopic (exact) mass is 457 g/mol. The van der Waals surface area contributed by atoms with Crippen LogP contribution in [0.1, 0.15) is 24.0 Å². The van der Waals surface area contributed by atoms with Gasteiger partial charge in [0.2, 0.25) is 0 Å². The van der Waals surface area contributed by atoms with Gasteiger partial charge in [-0.25, -0.2) is 9.38 Å². The molecule has 5 rings (SSSR count). The van der Waals surface area contributed by atoms with Crippen LogP contribution in [0.15, 0.2) is 82.7 Å². The lowest BCUT2D eigenvalue weighted by molar-refractivity contribution is -0.113. The number of hydrogen-bond donors (Lipinski definition) is 0. The molecular formula is C27H24FN3OS. The van der Waals surface area contributed by atoms with Gasteiger partial charge in [0.15, 0.2) is 5.17 Å². The number of carbonyl (C=O) groups is 1. The first kappa shape index (κ1) is 21.5. The van der Waals surface area contributed by atoms with Gasteiger partial charge in [0.1, 0.15) is 5.82 Å². The number of benzene rings is 3. The van der Waals surface area contributed by atoms with Gasteiger partial charge in [-0.2, -0.15) is 0 Å². The first-order valence-corrected chi connectivity index (χ1v) is 11.9. The number of carbonyl (C=O) groups excluding carboxylic acids is 1. The average Bonchev–Trinajstić information content (AvgIpc) is 3.46. The molecule has 0 radical (unpaired) electrons. The molecule has 2 heterocycles. The van der Waals surface area contributed by atoms with Gasteiger partial charge in [0.05, 0.1) is 22.0 Å². The number of hydrogen-bond acceptors (Lipinski definition) is 4. The largest absolute Gasteiger partial charge is 0.369 e. The number of aryl methyl sites for hydroxylation is 1. The lowest BCUT2D eigenvalue weighted by atomic mass is 10.1. The highest BCUT2D eigenvalue weighted by Crippen LogP contribution is 2.38. The van der Waals surface area contributed by atoms with Crippen molar-refractivity contribution in [3.05, 3.63) is 94.6 Å². The molecule has 0 N–H and O–H groups in total. The molecule has 1 amide bonds. The molecule has 3 aromatic carbocycles. The van der Waals surface area contributed by atoms with E-state index in [1.807, 2.05) is 73.7 Å². The van der Waals surface area contributed by atoms with E-state index in [0.29, 0.717) is 21.3 Å². The highest BCUT2D eigenvalue weighted by molar-refractivity contribution is 8.19. The Morgan fingerprint density at radius 2 is 1.64 bits per heavy atom. The minimum Gasteiger partial charge on any atom is -0.369 e. The second-order valence-electron chi connectivity index (χ2n) is 8.17. The smallest absolute Gasteiger partial charge is 0.271 e. The van der Waals surface area contributed by atoms with Gasteiger partial charge in [0.25, 0.3) is 5.91 Å². The Balaban J connectivity index is 1.53. The number of anilines is 2. The van der Waals surface area contributed by atoms with Crippen molar-refractivity contribution in [2.75, 3.05) is 22.9 Å². The van der Waals surface area contributed by atoms with Crippen LogP contribution >= 0.6 is 11.8 Å². The third kappa shape index (κ3) is 4.44. The Hall–Kier alpha value is -3.38. The zero-order chi connectivity index (χ0) is 22.8. The highest BCUT2D eigenvalue weighted by Gasteiger charge is 2.35. The average molecular weight is 458 g/mol. The molecule has 6 heteroatoms. The van der Waals surface area contributed by atoms with Crippen molar-refractivity contribution in [1.82, 2.24) is 0 Å². The maximum Gasteiger partial charge on any atom is 0.271 e. The number of rotatable bonds is 4. The number of halogens is 1. The first-order chi connectivity index (χ1) is 16.1. The van der Waals surface area contributed by atoms with E-state index >= 15 is 0 Å². The molecule has 0 atom stereocenters. The Bertz CT molecular complexity index is 1230. The fourth-order valence-electron chi connectivity index (χ4n) is 4.15. The molecule has 2 aliphatic rings. The SMILES string of the molecule is Cc1cc(N2CCCC2)c(F)cc1/C=C1\SC(=Nc2ccccc2)N(c2ccccc2)C1=O. The van der Waals surface area contributed by atoms with Gasteiger partial charge in [0, 0.05) is 13.1 Å². The van der Waals surface area contributed by atoms with Gasteiger partial charge in [-0.15, -0.1) is 0 Å². The number of aliphatic imine (C=N–C) groups is 1. The third-order valence-corrected chi connectivity index (χ3v) is 6.84. The molecule has 2 aliphatic heterocycles. The molecule has 3 aromatic rings. The van der Waals surface area contributed by atoms with E-state index in [1.54, 1.807) is 17.0 Å². The van der Waals surface area contributed by atoms with Crippen molar-refractivity contribution in [1.29, 1.82) is 0 Å². The van der Waals surface area contributed by atoms with Crippen LogP contribution < -0.4 is 9.80 Å². The Morgan fingerprint density at radius 3 is 2.33 bits per heavy atom. The molecule has 0 aliphatic carbocycles. The van der Waals surface area contributed by atoms with Crippen molar-refractivity contribution in [3.63, 3.8) is 0 Å². The van der Waals surface area contributed by atoms with Crippen LogP contribution in [0.4, 0.5) is 21.5 Å². The van der Waals surface area contributed by atoms with E-state index in [-0.39, 0.29) is 11.7 Å². The standard InChI is InChI=1S/C27H24FN3OS/c1-19-16-24(30-14-8-9-15-30)23(28)17-20(19)18-25-26(32)31(22-12-6-3-7-13-22)27(33-25)29-21-10-4-2-5-11-21/h2-7,10-13,16-18H,8-9,14-15H2,1H3/b25-18-,29-27?. The lowest BCUT2D eigenvalue weighted by Gasteiger charge is -2.19. The quantitative estimate of drug-likeness (QED) is 0.417. The predicted molar refractivity (Wildman–Crippen MR) is 136 cm³/mol. The highest BCUT2D eigenvalue weighted by atomic mass is 32.2. The fraction of sp³-hybridized carbons (Fsp3) is 0.185. The summed E-state index contributed by atoms with van der Waals surface area (Å²) in [6, 6.07) is 22.5. The zero-order valence-electron chi connectivity index (χ0n) is 18.4. The Labute approximate surface area is 197 Å². The molecule has 0 bridgehead atoms. The minimum atomic E-state index is -0.247. The van der Waals surface area contributed by atoms with E-state index in [1.165, 1.54) is 11.8 Å². The third-order valence-electron chi connectivity index (χ3n) is 5.87. The van der Waals surface area contributed by atoms with E-state index in [9.17, 15) is 9.18 Å². The summed E-state index contributed by atoms with van der Waals surface area (Å²) in [7, 11) is 0. The van der Waals surface area contributed by atoms with Crippen LogP contribution in [-0.2, 0) is 4.79 Å². The summed E-state index contributed by atoms with van der Waals surface area (Å²) in [5, 5.41) is 0.579. The zero-order valence-corrected chi connectivity index (χ0v) is 19.2. The Kier molecular flexibility index (Phi) is 6.01. The summed E-state index contributed by atoms with van der Waals surface area (Å²) < 4.78 is 15.0. The van der Waals surface area contributed by atoms with Crippen molar-refractivity contribution in [3.8, 4) is 0 Å². The second kappa shape index (κ2) is 9.24. The van der Waals surface area contributed by atoms with Gasteiger partial charge >= 0.3 is 0 Å². The molecule has 0 spiro atoms. The van der Waals surface area contributed by atoms with Crippen LogP contribution in [0.3, 0.4) is 0 Å². The van der Waals surface area contributed by atoms with Crippen molar-refractivity contribution in [2.45, 2.75) is 19.8 Å². The maximum atomic E-state index is 15.0. The topological polar surface area (TPSA) is 35.9 Å². The van der Waals surface area contributed by atoms with Crippen molar-refractivity contribution < 1.29 is 9.18 Å². The summed E-state index contributed by atoms with van der Waals surface area (Å²) in [6.07, 6.45) is 3.96. The van der Waals surface area contributed by atoms with Crippen molar-refractivity contribution >= 4 is 46.0 Å². The molecule has 0 unspecified atom stereocenters. The summed E-state index contributed by atoms with van der Waals surface area (Å²) >= 11 is 1.31. The number of amidine groups is 1. The van der Waals surface area contributed by atoms with Crippen molar-refractivity contribution in [2.24, 2.45) is 4.99 Å². The summed E-state index contributed by atoms with van der Waals surface area (Å²) in [6.45, 7) is 3.73. The Morgan fingerprint density at radius 1 is 0.970 bits per heavy atom. The fourth-order valence-corrected chi connectivity index (χ4v) is 5.14. The van der Waals surface area contributed by atoms with Crippen LogP contribution in [-0.4, -0.2) is 24.2 Å². The molecule has 0 aromatic heterocycles. The van der Waals surface area contributed by atoms with E-state index in [0.717, 1.165) is 42.9 Å². The summed E-state index contributed by atoms with van der Waals surface area (Å²) in [5.41, 5.74) is 3.82. The maximum absolute atomic E-state index is 15.0. The second-order valence-corrected chi connectivity index (χ2v) is 9.18. The van der Waals surface area contributed by atoms with E-state index in [2.05, 4.69) is 4.90 Å². The van der Waals surface area contributed by atoms with Crippen LogP contribution in [0.25, 0.3) is 6.08 Å². The molecule has 2 saturated heterocycles. The molecule has 166 valence electrons. The lowest BCUT2D eigenvalue weighted by Crippen LogP contribution is -2.28. The van der Waals surface area contributed by atoms with Gasteiger partial charge in [-0.3, -0.25) is 9.69 Å². The van der Waals surface area contributed by atoms with E-state index in [4.69, 9.17) is 4.99 Å². The molecule has 0 saturated carbocycles. The number of thioether (sulfide) groups is 1. The predicted octanol–water partition coefficient (Wildman–Crippen LogP) is 6.54. The molecule has 2 fully saturated rings. The minimum absolute atomic E-state index is 0.163. The number of para-hydroxylation sites is 2. The van der Waals surface area contributed by atoms with Crippen LogP contribution in [0.2, 0.25) is 0 Å². The van der Waals surface area contributed by atoms with Gasteiger partial charge in [-0.1, -0.05) is 36.4 Å². The first-order valence-electron chi connectivity index (χ1n) is 11.1. The number of nitrogens with zero attached hydrogens (tertiary/aromatic N) is 3.